The van der Waals surface area contributed by atoms with Crippen molar-refractivity contribution in [3.8, 4) is 0 Å². The van der Waals surface area contributed by atoms with Gasteiger partial charge in [-0.1, -0.05) is 20.3 Å². The Bertz CT molecular complexity index is 483. The summed E-state index contributed by atoms with van der Waals surface area (Å²) < 4.78 is 0. The molecule has 1 atom stereocenters. The summed E-state index contributed by atoms with van der Waals surface area (Å²) in [5, 5.41) is 11.4. The van der Waals surface area contributed by atoms with Crippen molar-refractivity contribution in [3.05, 3.63) is 35.7 Å². The van der Waals surface area contributed by atoms with Gasteiger partial charge in [-0.05, 0) is 18.1 Å². The van der Waals surface area contributed by atoms with Gasteiger partial charge in [0.15, 0.2) is 0 Å². The Kier molecular flexibility index (Phi) is 5.73. The zero-order valence-electron chi connectivity index (χ0n) is 11.1. The van der Waals surface area contributed by atoms with E-state index in [0.29, 0.717) is 23.6 Å². The Morgan fingerprint density at radius 2 is 2.26 bits per heavy atom. The standard InChI is InChI=1S/C14H18N2O3/c1-3-10(2)8-16-14(19)12-6-7-15-9-11(12)4-5-13(17)18/h4-7,9-10H,3,8H2,1-2H3,(H,16,19)(H,17,18). The van der Waals surface area contributed by atoms with Gasteiger partial charge in [0.25, 0.3) is 5.91 Å². The molecule has 0 spiro atoms. The zero-order chi connectivity index (χ0) is 14.3. The summed E-state index contributed by atoms with van der Waals surface area (Å²) in [6.45, 7) is 4.71. The van der Waals surface area contributed by atoms with Crippen molar-refractivity contribution in [2.75, 3.05) is 6.54 Å². The molecule has 5 heteroatoms. The summed E-state index contributed by atoms with van der Waals surface area (Å²) in [6.07, 6.45) is 6.33. The Labute approximate surface area is 112 Å². The van der Waals surface area contributed by atoms with Crippen LogP contribution in [0, 0.1) is 5.92 Å². The molecule has 0 aliphatic carbocycles. The van der Waals surface area contributed by atoms with Crippen molar-refractivity contribution < 1.29 is 14.7 Å². The monoisotopic (exact) mass is 262 g/mol. The van der Waals surface area contributed by atoms with E-state index in [-0.39, 0.29) is 5.91 Å². The molecule has 1 rings (SSSR count). The molecule has 0 bridgehead atoms. The van der Waals surface area contributed by atoms with E-state index in [4.69, 9.17) is 5.11 Å². The van der Waals surface area contributed by atoms with Crippen LogP contribution < -0.4 is 5.32 Å². The van der Waals surface area contributed by atoms with Gasteiger partial charge in [0.2, 0.25) is 0 Å². The molecule has 1 heterocycles. The van der Waals surface area contributed by atoms with Crippen LogP contribution in [-0.2, 0) is 4.79 Å². The Morgan fingerprint density at radius 1 is 1.53 bits per heavy atom. The Hall–Kier alpha value is -2.17. The molecule has 102 valence electrons. The first-order chi connectivity index (χ1) is 9.04. The largest absolute Gasteiger partial charge is 0.478 e. The average Bonchev–Trinajstić information content (AvgIpc) is 2.42. The number of hydrogen-bond donors (Lipinski definition) is 2. The zero-order valence-corrected chi connectivity index (χ0v) is 11.1. The lowest BCUT2D eigenvalue weighted by molar-refractivity contribution is -0.131. The van der Waals surface area contributed by atoms with Gasteiger partial charge in [0, 0.05) is 36.1 Å². The van der Waals surface area contributed by atoms with Crippen molar-refractivity contribution in [2.45, 2.75) is 20.3 Å². The van der Waals surface area contributed by atoms with E-state index in [2.05, 4.69) is 24.1 Å². The van der Waals surface area contributed by atoms with Crippen LogP contribution in [0.2, 0.25) is 0 Å². The molecule has 1 aromatic heterocycles. The SMILES string of the molecule is CCC(C)CNC(=O)c1ccncc1C=CC(=O)O. The summed E-state index contributed by atoms with van der Waals surface area (Å²) in [5.74, 6) is -0.869. The first-order valence-corrected chi connectivity index (χ1v) is 6.17. The quantitative estimate of drug-likeness (QED) is 0.768. The number of aliphatic carboxylic acids is 1. The van der Waals surface area contributed by atoms with Gasteiger partial charge >= 0.3 is 5.97 Å². The predicted octanol–water partition coefficient (Wildman–Crippen LogP) is 1.96. The Balaban J connectivity index is 2.82. The molecule has 0 fully saturated rings. The first kappa shape index (κ1) is 14.9. The molecule has 1 amide bonds. The van der Waals surface area contributed by atoms with Crippen molar-refractivity contribution in [1.82, 2.24) is 10.3 Å². The number of carbonyl (C=O) groups excluding carboxylic acids is 1. The number of carboxylic acid groups (broad SMARTS) is 1. The topological polar surface area (TPSA) is 79.3 Å². The van der Waals surface area contributed by atoms with Gasteiger partial charge in [-0.15, -0.1) is 0 Å². The summed E-state index contributed by atoms with van der Waals surface area (Å²) in [5.41, 5.74) is 0.919. The summed E-state index contributed by atoms with van der Waals surface area (Å²) in [4.78, 5) is 26.4. The maximum atomic E-state index is 12.0. The van der Waals surface area contributed by atoms with Crippen LogP contribution in [0.1, 0.15) is 36.2 Å². The molecular weight excluding hydrogens is 244 g/mol. The normalized spacial score (nSPS) is 12.3. The molecule has 0 aliphatic rings. The van der Waals surface area contributed by atoms with Crippen LogP contribution in [0.25, 0.3) is 6.08 Å². The highest BCUT2D eigenvalue weighted by atomic mass is 16.4. The molecule has 5 nitrogen and oxygen atoms in total. The second-order valence-electron chi connectivity index (χ2n) is 4.36. The van der Waals surface area contributed by atoms with Crippen LogP contribution in [0.15, 0.2) is 24.5 Å². The molecule has 0 aromatic carbocycles. The number of carbonyl (C=O) groups is 2. The van der Waals surface area contributed by atoms with Gasteiger partial charge in [0.1, 0.15) is 0 Å². The molecular formula is C14H18N2O3. The molecule has 0 radical (unpaired) electrons. The first-order valence-electron chi connectivity index (χ1n) is 6.17. The van der Waals surface area contributed by atoms with Crippen LogP contribution in [0.3, 0.4) is 0 Å². The predicted molar refractivity (Wildman–Crippen MR) is 72.7 cm³/mol. The lowest BCUT2D eigenvalue weighted by Crippen LogP contribution is -2.28. The minimum Gasteiger partial charge on any atom is -0.478 e. The number of pyridine rings is 1. The number of rotatable bonds is 6. The highest BCUT2D eigenvalue weighted by Gasteiger charge is 2.10. The molecule has 1 unspecified atom stereocenters. The minimum atomic E-state index is -1.06. The highest BCUT2D eigenvalue weighted by molar-refractivity contribution is 5.98. The summed E-state index contributed by atoms with van der Waals surface area (Å²) in [7, 11) is 0. The van der Waals surface area contributed by atoms with Crippen molar-refractivity contribution >= 4 is 18.0 Å². The number of nitrogens with zero attached hydrogens (tertiary/aromatic N) is 1. The number of carboxylic acids is 1. The van der Waals surface area contributed by atoms with Gasteiger partial charge in [0.05, 0.1) is 0 Å². The summed E-state index contributed by atoms with van der Waals surface area (Å²) >= 11 is 0. The van der Waals surface area contributed by atoms with Crippen LogP contribution >= 0.6 is 0 Å². The minimum absolute atomic E-state index is 0.215. The van der Waals surface area contributed by atoms with Crippen LogP contribution in [0.5, 0.6) is 0 Å². The fourth-order valence-electron chi connectivity index (χ4n) is 1.41. The number of nitrogens with one attached hydrogen (secondary N) is 1. The highest BCUT2D eigenvalue weighted by Crippen LogP contribution is 2.09. The van der Waals surface area contributed by atoms with Gasteiger partial charge < -0.3 is 10.4 Å². The fourth-order valence-corrected chi connectivity index (χ4v) is 1.41. The van der Waals surface area contributed by atoms with Crippen LogP contribution in [-0.4, -0.2) is 28.5 Å². The second kappa shape index (κ2) is 7.31. The second-order valence-corrected chi connectivity index (χ2v) is 4.36. The smallest absolute Gasteiger partial charge is 0.328 e. The molecule has 0 saturated carbocycles. The lowest BCUT2D eigenvalue weighted by atomic mass is 10.1. The summed E-state index contributed by atoms with van der Waals surface area (Å²) in [6, 6.07) is 1.58. The fraction of sp³-hybridized carbons (Fsp3) is 0.357. The average molecular weight is 262 g/mol. The third-order valence-electron chi connectivity index (χ3n) is 2.81. The van der Waals surface area contributed by atoms with E-state index < -0.39 is 5.97 Å². The lowest BCUT2D eigenvalue weighted by Gasteiger charge is -2.11. The van der Waals surface area contributed by atoms with Crippen molar-refractivity contribution in [1.29, 1.82) is 0 Å². The van der Waals surface area contributed by atoms with Gasteiger partial charge in [-0.25, -0.2) is 4.79 Å². The maximum absolute atomic E-state index is 12.0. The van der Waals surface area contributed by atoms with Gasteiger partial charge in [-0.3, -0.25) is 9.78 Å². The molecule has 2 N–H and O–H groups in total. The molecule has 0 saturated heterocycles. The molecule has 19 heavy (non-hydrogen) atoms. The van der Waals surface area contributed by atoms with E-state index in [0.717, 1.165) is 12.5 Å². The van der Waals surface area contributed by atoms with Crippen molar-refractivity contribution in [2.24, 2.45) is 5.92 Å². The third-order valence-corrected chi connectivity index (χ3v) is 2.81. The van der Waals surface area contributed by atoms with E-state index in [9.17, 15) is 9.59 Å². The van der Waals surface area contributed by atoms with E-state index in [1.54, 1.807) is 6.07 Å². The van der Waals surface area contributed by atoms with E-state index in [1.807, 2.05) is 0 Å². The maximum Gasteiger partial charge on any atom is 0.328 e. The third kappa shape index (κ3) is 4.91. The number of aromatic nitrogens is 1. The van der Waals surface area contributed by atoms with Crippen LogP contribution in [0.4, 0.5) is 0 Å². The molecule has 1 aromatic rings. The van der Waals surface area contributed by atoms with E-state index >= 15 is 0 Å². The van der Waals surface area contributed by atoms with Crippen molar-refractivity contribution in [3.63, 3.8) is 0 Å². The Morgan fingerprint density at radius 3 is 2.89 bits per heavy atom. The van der Waals surface area contributed by atoms with E-state index in [1.165, 1.54) is 18.5 Å². The van der Waals surface area contributed by atoms with Gasteiger partial charge in [-0.2, -0.15) is 0 Å². The molecule has 0 aliphatic heterocycles. The number of amides is 1. The number of hydrogen-bond acceptors (Lipinski definition) is 3.